The van der Waals surface area contributed by atoms with Gasteiger partial charge in [0.25, 0.3) is 5.91 Å². The van der Waals surface area contributed by atoms with Crippen LogP contribution in [-0.4, -0.2) is 27.7 Å². The van der Waals surface area contributed by atoms with Gasteiger partial charge in [-0.15, -0.1) is 0 Å². The number of ether oxygens (including phenoxy) is 1. The van der Waals surface area contributed by atoms with Crippen molar-refractivity contribution in [1.29, 1.82) is 0 Å². The number of hydrogen-bond acceptors (Lipinski definition) is 4. The van der Waals surface area contributed by atoms with Crippen LogP contribution in [-0.2, 0) is 32.4 Å². The summed E-state index contributed by atoms with van der Waals surface area (Å²) < 4.78 is 5.93. The van der Waals surface area contributed by atoms with Gasteiger partial charge >= 0.3 is 0 Å². The third kappa shape index (κ3) is 5.80. The topological polar surface area (TPSA) is 75.8 Å². The highest BCUT2D eigenvalue weighted by Crippen LogP contribution is 2.37. The Balaban J connectivity index is 1.37. The van der Waals surface area contributed by atoms with Crippen molar-refractivity contribution in [2.75, 3.05) is 0 Å². The standard InChI is InChI=1S/C33H34N2O3/c1-33(20-27-14-8-9-15-28(27)21-33)35(22-24-10-4-2-5-11-24)31(36)19-26-16-17-30(29(18-26)32(34)37)38-23-25-12-6-3-7-13-25/h2-18,31,36H,19-23H2,1H3,(H2,34,37)/t31-/m1/s1. The predicted octanol–water partition coefficient (Wildman–Crippen LogP) is 5.29. The van der Waals surface area contributed by atoms with Crippen molar-refractivity contribution >= 4 is 5.91 Å². The van der Waals surface area contributed by atoms with E-state index in [2.05, 4.69) is 48.2 Å². The first-order valence-electron chi connectivity index (χ1n) is 13.1. The van der Waals surface area contributed by atoms with Gasteiger partial charge < -0.3 is 15.6 Å². The van der Waals surface area contributed by atoms with Crippen molar-refractivity contribution in [2.45, 2.75) is 51.1 Å². The zero-order chi connectivity index (χ0) is 26.5. The molecule has 0 saturated carbocycles. The minimum Gasteiger partial charge on any atom is -0.488 e. The number of carbonyl (C=O) groups is 1. The van der Waals surface area contributed by atoms with E-state index in [9.17, 15) is 9.90 Å². The maximum absolute atomic E-state index is 12.3. The molecular formula is C33H34N2O3. The van der Waals surface area contributed by atoms with E-state index in [0.717, 1.165) is 29.5 Å². The first-order valence-corrected chi connectivity index (χ1v) is 13.1. The Hall–Kier alpha value is -3.93. The second-order valence-electron chi connectivity index (χ2n) is 10.4. The highest BCUT2D eigenvalue weighted by Gasteiger charge is 2.41. The number of aliphatic hydroxyl groups is 1. The average molecular weight is 507 g/mol. The molecule has 0 fully saturated rings. The summed E-state index contributed by atoms with van der Waals surface area (Å²) in [6, 6.07) is 34.0. The molecule has 194 valence electrons. The molecule has 0 unspecified atom stereocenters. The van der Waals surface area contributed by atoms with E-state index in [-0.39, 0.29) is 5.54 Å². The number of rotatable bonds is 10. The molecule has 5 rings (SSSR count). The molecule has 0 saturated heterocycles. The van der Waals surface area contributed by atoms with Gasteiger partial charge in [0.15, 0.2) is 0 Å². The summed E-state index contributed by atoms with van der Waals surface area (Å²) in [4.78, 5) is 14.5. The third-order valence-corrected chi connectivity index (χ3v) is 7.47. The fourth-order valence-corrected chi connectivity index (χ4v) is 5.50. The lowest BCUT2D eigenvalue weighted by Crippen LogP contribution is -2.52. The smallest absolute Gasteiger partial charge is 0.252 e. The van der Waals surface area contributed by atoms with Gasteiger partial charge in [-0.25, -0.2) is 0 Å². The van der Waals surface area contributed by atoms with E-state index in [1.165, 1.54) is 11.1 Å². The number of fused-ring (bicyclic) bond motifs is 1. The zero-order valence-electron chi connectivity index (χ0n) is 21.7. The summed E-state index contributed by atoms with van der Waals surface area (Å²) in [7, 11) is 0. The number of carbonyl (C=O) groups excluding carboxylic acids is 1. The van der Waals surface area contributed by atoms with Crippen molar-refractivity contribution < 1.29 is 14.6 Å². The lowest BCUT2D eigenvalue weighted by molar-refractivity contribution is -0.0661. The maximum atomic E-state index is 12.3. The van der Waals surface area contributed by atoms with Crippen LogP contribution < -0.4 is 10.5 Å². The van der Waals surface area contributed by atoms with Gasteiger partial charge in [0.2, 0.25) is 0 Å². The Morgan fingerprint density at radius 2 is 1.45 bits per heavy atom. The first-order chi connectivity index (χ1) is 18.4. The number of primary amides is 1. The molecule has 4 aromatic carbocycles. The second-order valence-corrected chi connectivity index (χ2v) is 10.4. The molecule has 0 radical (unpaired) electrons. The van der Waals surface area contributed by atoms with Crippen LogP contribution in [0.2, 0.25) is 0 Å². The van der Waals surface area contributed by atoms with Crippen molar-refractivity contribution in [3.8, 4) is 5.75 Å². The molecule has 1 amide bonds. The molecule has 0 aromatic heterocycles. The number of nitrogens with zero attached hydrogens (tertiary/aromatic N) is 1. The van der Waals surface area contributed by atoms with Crippen LogP contribution in [0.1, 0.15) is 45.1 Å². The molecule has 0 bridgehead atoms. The highest BCUT2D eigenvalue weighted by atomic mass is 16.5. The van der Waals surface area contributed by atoms with E-state index >= 15 is 0 Å². The van der Waals surface area contributed by atoms with E-state index in [1.54, 1.807) is 12.1 Å². The molecule has 5 heteroatoms. The Morgan fingerprint density at radius 3 is 2.05 bits per heavy atom. The molecule has 0 aliphatic heterocycles. The van der Waals surface area contributed by atoms with Crippen LogP contribution in [0.5, 0.6) is 5.75 Å². The van der Waals surface area contributed by atoms with Gasteiger partial charge in [0.05, 0.1) is 5.56 Å². The van der Waals surface area contributed by atoms with Crippen molar-refractivity contribution in [3.63, 3.8) is 0 Å². The number of hydrogen-bond donors (Lipinski definition) is 2. The SMILES string of the molecule is CC1(N(Cc2ccccc2)[C@H](O)Cc2ccc(OCc3ccccc3)c(C(N)=O)c2)Cc2ccccc2C1. The highest BCUT2D eigenvalue weighted by molar-refractivity contribution is 5.95. The molecule has 4 aromatic rings. The van der Waals surface area contributed by atoms with Crippen LogP contribution in [0.25, 0.3) is 0 Å². The average Bonchev–Trinajstić information content (AvgIpc) is 3.29. The number of nitrogens with two attached hydrogens (primary N) is 1. The summed E-state index contributed by atoms with van der Waals surface area (Å²) in [5.74, 6) is -0.109. The molecule has 5 nitrogen and oxygen atoms in total. The lowest BCUT2D eigenvalue weighted by Gasteiger charge is -2.42. The van der Waals surface area contributed by atoms with Crippen LogP contribution in [0.15, 0.2) is 103 Å². The summed E-state index contributed by atoms with van der Waals surface area (Å²) in [6.45, 7) is 3.19. The minimum absolute atomic E-state index is 0.246. The second kappa shape index (κ2) is 11.2. The van der Waals surface area contributed by atoms with E-state index < -0.39 is 12.1 Å². The van der Waals surface area contributed by atoms with E-state index in [0.29, 0.717) is 30.9 Å². The summed E-state index contributed by atoms with van der Waals surface area (Å²) in [6.07, 6.45) is 1.33. The van der Waals surface area contributed by atoms with Crippen LogP contribution in [0, 0.1) is 0 Å². The van der Waals surface area contributed by atoms with Crippen molar-refractivity contribution in [2.24, 2.45) is 5.73 Å². The normalized spacial score (nSPS) is 14.7. The van der Waals surface area contributed by atoms with Crippen molar-refractivity contribution in [1.82, 2.24) is 4.90 Å². The molecule has 0 heterocycles. The fraction of sp³-hybridized carbons (Fsp3) is 0.242. The van der Waals surface area contributed by atoms with E-state index in [4.69, 9.17) is 10.5 Å². The lowest BCUT2D eigenvalue weighted by atomic mass is 9.93. The molecule has 0 spiro atoms. The van der Waals surface area contributed by atoms with Gasteiger partial charge in [-0.2, -0.15) is 0 Å². The zero-order valence-corrected chi connectivity index (χ0v) is 21.7. The van der Waals surface area contributed by atoms with Gasteiger partial charge in [-0.3, -0.25) is 9.69 Å². The largest absolute Gasteiger partial charge is 0.488 e. The van der Waals surface area contributed by atoms with Gasteiger partial charge in [0, 0.05) is 18.5 Å². The van der Waals surface area contributed by atoms with Gasteiger partial charge in [-0.1, -0.05) is 91.0 Å². The number of aliphatic hydroxyl groups excluding tert-OH is 1. The molecule has 3 N–H and O–H groups in total. The minimum atomic E-state index is -0.758. The summed E-state index contributed by atoms with van der Waals surface area (Å²) in [5.41, 5.74) is 11.4. The predicted molar refractivity (Wildman–Crippen MR) is 150 cm³/mol. The molecule has 1 aliphatic carbocycles. The molecule has 38 heavy (non-hydrogen) atoms. The quantitative estimate of drug-likeness (QED) is 0.287. The van der Waals surface area contributed by atoms with Gasteiger partial charge in [-0.05, 0) is 59.7 Å². The molecular weight excluding hydrogens is 472 g/mol. The monoisotopic (exact) mass is 506 g/mol. The first kappa shape index (κ1) is 25.7. The Labute approximate surface area is 224 Å². The van der Waals surface area contributed by atoms with Crippen LogP contribution in [0.4, 0.5) is 0 Å². The third-order valence-electron chi connectivity index (χ3n) is 7.47. The van der Waals surface area contributed by atoms with Crippen molar-refractivity contribution in [3.05, 3.63) is 137 Å². The van der Waals surface area contributed by atoms with Crippen LogP contribution >= 0.6 is 0 Å². The Morgan fingerprint density at radius 1 is 0.868 bits per heavy atom. The maximum Gasteiger partial charge on any atom is 0.252 e. The number of amides is 1. The summed E-state index contributed by atoms with van der Waals surface area (Å²) >= 11 is 0. The Kier molecular flexibility index (Phi) is 7.59. The summed E-state index contributed by atoms with van der Waals surface area (Å²) in [5, 5.41) is 11.7. The molecule has 1 aliphatic rings. The number of benzene rings is 4. The van der Waals surface area contributed by atoms with E-state index in [1.807, 2.05) is 54.6 Å². The van der Waals surface area contributed by atoms with Gasteiger partial charge in [0.1, 0.15) is 18.6 Å². The fourth-order valence-electron chi connectivity index (χ4n) is 5.50. The van der Waals surface area contributed by atoms with Crippen LogP contribution in [0.3, 0.4) is 0 Å². The molecule has 1 atom stereocenters. The Bertz CT molecular complexity index is 1360.